The Morgan fingerprint density at radius 3 is 2.44 bits per heavy atom. The maximum Gasteiger partial charge on any atom is 0.261 e. The smallest absolute Gasteiger partial charge is 0.261 e. The molecule has 0 bridgehead atoms. The monoisotopic (exact) mass is 361 g/mol. The van der Waals surface area contributed by atoms with E-state index in [4.69, 9.17) is 4.42 Å². The van der Waals surface area contributed by atoms with Gasteiger partial charge in [-0.05, 0) is 30.3 Å². The number of furan rings is 1. The molecular weight excluding hydrogens is 346 g/mol. The number of aromatic nitrogens is 1. The topological polar surface area (TPSA) is 29.1 Å². The number of hydrogen-bond acceptors (Lipinski definition) is 2. The van der Waals surface area contributed by atoms with Gasteiger partial charge in [0.05, 0.1) is 16.5 Å². The quantitative estimate of drug-likeness (QED) is 0.416. The van der Waals surface area contributed by atoms with Gasteiger partial charge in [-0.2, -0.15) is 4.57 Å². The molecule has 0 unspecified atom stereocenters. The van der Waals surface area contributed by atoms with E-state index in [0.717, 1.165) is 33.5 Å². The van der Waals surface area contributed by atoms with Crippen molar-refractivity contribution in [2.45, 2.75) is 0 Å². The maximum absolute atomic E-state index is 14.3. The van der Waals surface area contributed by atoms with Gasteiger partial charge >= 0.3 is 0 Å². The summed E-state index contributed by atoms with van der Waals surface area (Å²) < 4.78 is 35.8. The molecule has 132 valence electrons. The van der Waals surface area contributed by atoms with Crippen molar-refractivity contribution < 1.29 is 17.8 Å². The molecule has 0 saturated heterocycles. The highest BCUT2D eigenvalue weighted by molar-refractivity contribution is 6.11. The van der Waals surface area contributed by atoms with Crippen LogP contribution < -0.4 is 9.88 Å². The molecule has 3 nitrogen and oxygen atoms in total. The van der Waals surface area contributed by atoms with E-state index in [2.05, 4.69) is 9.88 Å². The van der Waals surface area contributed by atoms with Gasteiger partial charge in [0.2, 0.25) is 11.1 Å². The summed E-state index contributed by atoms with van der Waals surface area (Å²) >= 11 is 0. The Bertz CT molecular complexity index is 1340. The van der Waals surface area contributed by atoms with Crippen LogP contribution in [0.3, 0.4) is 0 Å². The fraction of sp³-hybridized carbons (Fsp3) is 0.0455. The van der Waals surface area contributed by atoms with E-state index in [1.54, 1.807) is 0 Å². The van der Waals surface area contributed by atoms with E-state index in [9.17, 15) is 8.78 Å². The number of rotatable bonds is 2. The standard InChI is InChI=1S/C22H14F2N2O/c1-26-18-8-4-2-6-14(18)20(25-17-11-10-13(23)12-16(17)24)22-21(26)15-7-3-5-9-19(15)27-22/h2-12H,1H3/p+1. The molecule has 3 aromatic carbocycles. The average molecular weight is 361 g/mol. The molecule has 0 fully saturated rings. The molecule has 27 heavy (non-hydrogen) atoms. The van der Waals surface area contributed by atoms with Gasteiger partial charge < -0.3 is 9.73 Å². The first-order valence-electron chi connectivity index (χ1n) is 8.57. The van der Waals surface area contributed by atoms with Crippen molar-refractivity contribution in [1.82, 2.24) is 0 Å². The Morgan fingerprint density at radius 1 is 0.889 bits per heavy atom. The van der Waals surface area contributed by atoms with Crippen molar-refractivity contribution >= 4 is 44.3 Å². The first kappa shape index (κ1) is 15.8. The lowest BCUT2D eigenvalue weighted by atomic mass is 10.1. The lowest BCUT2D eigenvalue weighted by Crippen LogP contribution is -2.30. The van der Waals surface area contributed by atoms with Crippen molar-refractivity contribution in [3.8, 4) is 0 Å². The molecule has 5 heteroatoms. The summed E-state index contributed by atoms with van der Waals surface area (Å²) in [5, 5.41) is 4.98. The summed E-state index contributed by atoms with van der Waals surface area (Å²) in [4.78, 5) is 0. The number of benzene rings is 3. The predicted octanol–water partition coefficient (Wildman–Crippen LogP) is 5.59. The third-order valence-electron chi connectivity index (χ3n) is 4.86. The summed E-state index contributed by atoms with van der Waals surface area (Å²) in [5.74, 6) is -1.27. The van der Waals surface area contributed by atoms with Gasteiger partial charge in [-0.3, -0.25) is 0 Å². The van der Waals surface area contributed by atoms with E-state index in [-0.39, 0.29) is 5.69 Å². The zero-order valence-corrected chi connectivity index (χ0v) is 14.5. The van der Waals surface area contributed by atoms with Crippen molar-refractivity contribution in [2.24, 2.45) is 7.05 Å². The minimum Gasteiger partial charge on any atom is -0.447 e. The van der Waals surface area contributed by atoms with E-state index in [1.807, 2.05) is 55.6 Å². The van der Waals surface area contributed by atoms with Gasteiger partial charge in [0, 0.05) is 12.1 Å². The Labute approximate surface area is 153 Å². The lowest BCUT2D eigenvalue weighted by molar-refractivity contribution is -0.616. The van der Waals surface area contributed by atoms with E-state index in [0.29, 0.717) is 11.3 Å². The highest BCUT2D eigenvalue weighted by atomic mass is 19.1. The zero-order valence-electron chi connectivity index (χ0n) is 14.5. The summed E-state index contributed by atoms with van der Waals surface area (Å²) in [7, 11) is 1.98. The minimum absolute atomic E-state index is 0.192. The summed E-state index contributed by atoms with van der Waals surface area (Å²) in [5.41, 5.74) is 4.11. The number of para-hydroxylation sites is 2. The zero-order chi connectivity index (χ0) is 18.5. The van der Waals surface area contributed by atoms with Crippen LogP contribution >= 0.6 is 0 Å². The molecule has 2 aromatic heterocycles. The molecule has 5 rings (SSSR count). The van der Waals surface area contributed by atoms with E-state index < -0.39 is 11.6 Å². The molecule has 2 heterocycles. The van der Waals surface area contributed by atoms with Crippen molar-refractivity contribution in [2.75, 3.05) is 5.32 Å². The second-order valence-electron chi connectivity index (χ2n) is 6.48. The second kappa shape index (κ2) is 5.77. The van der Waals surface area contributed by atoms with Crippen LogP contribution in [0.4, 0.5) is 20.2 Å². The summed E-state index contributed by atoms with van der Waals surface area (Å²) in [6.45, 7) is 0. The van der Waals surface area contributed by atoms with Crippen LogP contribution in [0.25, 0.3) is 33.0 Å². The Balaban J connectivity index is 1.89. The molecule has 0 radical (unpaired) electrons. The molecule has 0 atom stereocenters. The number of nitrogens with one attached hydrogen (secondary N) is 1. The SMILES string of the molecule is C[n+]1c2ccccc2c(Nc2ccc(F)cc2F)c2oc3ccccc3c21. The highest BCUT2D eigenvalue weighted by Gasteiger charge is 2.24. The normalized spacial score (nSPS) is 11.5. The summed E-state index contributed by atoms with van der Waals surface area (Å²) in [6, 6.07) is 19.1. The summed E-state index contributed by atoms with van der Waals surface area (Å²) in [6.07, 6.45) is 0. The fourth-order valence-electron chi connectivity index (χ4n) is 3.60. The van der Waals surface area contributed by atoms with Gasteiger partial charge in [-0.25, -0.2) is 8.78 Å². The molecule has 0 aliphatic heterocycles. The number of fused-ring (bicyclic) bond motifs is 4. The number of pyridine rings is 1. The number of halogens is 2. The Morgan fingerprint density at radius 2 is 1.63 bits per heavy atom. The molecule has 5 aromatic rings. The first-order valence-corrected chi connectivity index (χ1v) is 8.57. The maximum atomic E-state index is 14.3. The van der Waals surface area contributed by atoms with Crippen LogP contribution in [-0.2, 0) is 7.05 Å². The minimum atomic E-state index is -0.656. The molecule has 0 spiro atoms. The predicted molar refractivity (Wildman–Crippen MR) is 102 cm³/mol. The molecule has 0 saturated carbocycles. The molecule has 0 amide bonds. The second-order valence-corrected chi connectivity index (χ2v) is 6.48. The van der Waals surface area contributed by atoms with Gasteiger partial charge in [-0.1, -0.05) is 24.3 Å². The van der Waals surface area contributed by atoms with Crippen LogP contribution in [0.1, 0.15) is 0 Å². The van der Waals surface area contributed by atoms with Crippen LogP contribution in [0.5, 0.6) is 0 Å². The third kappa shape index (κ3) is 2.35. The van der Waals surface area contributed by atoms with Gasteiger partial charge in [0.1, 0.15) is 30.0 Å². The Kier molecular flexibility index (Phi) is 3.37. The van der Waals surface area contributed by atoms with Gasteiger partial charge in [0.15, 0.2) is 0 Å². The third-order valence-corrected chi connectivity index (χ3v) is 4.86. The van der Waals surface area contributed by atoms with Crippen LogP contribution in [0.15, 0.2) is 71.1 Å². The fourth-order valence-corrected chi connectivity index (χ4v) is 3.60. The average Bonchev–Trinajstić information content (AvgIpc) is 3.06. The van der Waals surface area contributed by atoms with Crippen molar-refractivity contribution in [3.63, 3.8) is 0 Å². The van der Waals surface area contributed by atoms with E-state index >= 15 is 0 Å². The van der Waals surface area contributed by atoms with Crippen LogP contribution in [0, 0.1) is 11.6 Å². The van der Waals surface area contributed by atoms with Crippen molar-refractivity contribution in [3.05, 3.63) is 78.4 Å². The van der Waals surface area contributed by atoms with E-state index in [1.165, 1.54) is 12.1 Å². The number of hydrogen-bond donors (Lipinski definition) is 1. The van der Waals surface area contributed by atoms with Gasteiger partial charge in [0.25, 0.3) is 5.52 Å². The molecular formula is C22H15F2N2O+. The largest absolute Gasteiger partial charge is 0.447 e. The number of nitrogens with zero attached hydrogens (tertiary/aromatic N) is 1. The molecule has 0 aliphatic carbocycles. The van der Waals surface area contributed by atoms with Crippen LogP contribution in [-0.4, -0.2) is 0 Å². The van der Waals surface area contributed by atoms with Gasteiger partial charge in [-0.15, -0.1) is 0 Å². The first-order chi connectivity index (χ1) is 13.1. The lowest BCUT2D eigenvalue weighted by Gasteiger charge is -2.10. The number of aryl methyl sites for hydroxylation is 1. The molecule has 1 N–H and O–H groups in total. The van der Waals surface area contributed by atoms with Crippen molar-refractivity contribution in [1.29, 1.82) is 0 Å². The highest BCUT2D eigenvalue weighted by Crippen LogP contribution is 2.37. The van der Waals surface area contributed by atoms with Crippen LogP contribution in [0.2, 0.25) is 0 Å². The molecule has 0 aliphatic rings. The Hall–Kier alpha value is -3.47. The number of anilines is 2.